The van der Waals surface area contributed by atoms with Crippen molar-refractivity contribution in [3.8, 4) is 0 Å². The van der Waals surface area contributed by atoms with Gasteiger partial charge in [-0.3, -0.25) is 19.7 Å². The molecule has 1 aromatic heterocycles. The summed E-state index contributed by atoms with van der Waals surface area (Å²) in [6.07, 6.45) is 2.87. The van der Waals surface area contributed by atoms with Crippen LogP contribution in [0, 0.1) is 0 Å². The summed E-state index contributed by atoms with van der Waals surface area (Å²) in [5, 5.41) is 24.5. The summed E-state index contributed by atoms with van der Waals surface area (Å²) < 4.78 is 0. The van der Waals surface area contributed by atoms with Gasteiger partial charge in [0.15, 0.2) is 0 Å². The van der Waals surface area contributed by atoms with Crippen molar-refractivity contribution in [2.45, 2.75) is 43.7 Å². The van der Waals surface area contributed by atoms with E-state index in [1.807, 2.05) is 17.0 Å². The van der Waals surface area contributed by atoms with Crippen LogP contribution in [0.1, 0.15) is 32.1 Å². The Labute approximate surface area is 150 Å². The van der Waals surface area contributed by atoms with Gasteiger partial charge in [-0.2, -0.15) is 0 Å². The van der Waals surface area contributed by atoms with Crippen molar-refractivity contribution in [3.63, 3.8) is 0 Å². The van der Waals surface area contributed by atoms with Crippen LogP contribution >= 0.6 is 0 Å². The van der Waals surface area contributed by atoms with Gasteiger partial charge in [0, 0.05) is 19.5 Å². The minimum absolute atomic E-state index is 0.247. The molecule has 2 aliphatic heterocycles. The molecule has 0 spiro atoms. The van der Waals surface area contributed by atoms with Crippen molar-refractivity contribution in [3.05, 3.63) is 18.3 Å². The molecule has 0 aromatic carbocycles. The summed E-state index contributed by atoms with van der Waals surface area (Å²) in [5.41, 5.74) is -0.474. The number of aliphatic carboxylic acids is 1. The van der Waals surface area contributed by atoms with E-state index in [1.54, 1.807) is 6.20 Å². The van der Waals surface area contributed by atoms with E-state index >= 15 is 0 Å². The van der Waals surface area contributed by atoms with Crippen LogP contribution in [0.2, 0.25) is 0 Å². The molecule has 0 aliphatic carbocycles. The number of pyridine rings is 1. The lowest BCUT2D eigenvalue weighted by Crippen LogP contribution is -2.47. The molecular weight excluding hydrogens is 340 g/mol. The molecule has 3 rings (SSSR count). The molecule has 2 fully saturated rings. The minimum Gasteiger partial charge on any atom is -0.481 e. The molecule has 1 atom stereocenters. The van der Waals surface area contributed by atoms with Crippen LogP contribution in [0.15, 0.2) is 18.3 Å². The molecule has 0 saturated carbocycles. The normalized spacial score (nSPS) is 22.7. The number of anilines is 2. The van der Waals surface area contributed by atoms with Gasteiger partial charge in [0.25, 0.3) is 0 Å². The van der Waals surface area contributed by atoms with Crippen molar-refractivity contribution in [2.75, 3.05) is 23.3 Å². The molecule has 1 aromatic rings. The van der Waals surface area contributed by atoms with Crippen molar-refractivity contribution < 1.29 is 24.6 Å². The molecule has 9 nitrogen and oxygen atoms in total. The lowest BCUT2D eigenvalue weighted by molar-refractivity contribution is -0.143. The monoisotopic (exact) mass is 362 g/mol. The molecule has 2 saturated heterocycles. The second-order valence-corrected chi connectivity index (χ2v) is 6.84. The number of hydrogen-bond donors (Lipinski definition) is 4. The second kappa shape index (κ2) is 7.28. The summed E-state index contributed by atoms with van der Waals surface area (Å²) in [4.78, 5) is 40.1. The van der Waals surface area contributed by atoms with E-state index in [-0.39, 0.29) is 18.2 Å². The highest BCUT2D eigenvalue weighted by Crippen LogP contribution is 2.28. The van der Waals surface area contributed by atoms with Crippen molar-refractivity contribution >= 4 is 29.3 Å². The number of imide groups is 1. The summed E-state index contributed by atoms with van der Waals surface area (Å²) in [7, 11) is 0. The zero-order chi connectivity index (χ0) is 18.7. The number of carbonyl (C=O) groups is 3. The second-order valence-electron chi connectivity index (χ2n) is 6.84. The molecule has 26 heavy (non-hydrogen) atoms. The predicted octanol–water partition coefficient (Wildman–Crippen LogP) is 0.105. The van der Waals surface area contributed by atoms with Crippen LogP contribution in [0.3, 0.4) is 0 Å². The molecule has 4 N–H and O–H groups in total. The van der Waals surface area contributed by atoms with E-state index in [9.17, 15) is 19.5 Å². The number of hydrogen-bond acceptors (Lipinski definition) is 7. The smallest absolute Gasteiger partial charge is 0.306 e. The maximum Gasteiger partial charge on any atom is 0.306 e. The van der Waals surface area contributed by atoms with Crippen LogP contribution in [0.25, 0.3) is 0 Å². The highest BCUT2D eigenvalue weighted by molar-refractivity contribution is 6.01. The lowest BCUT2D eigenvalue weighted by Gasteiger charge is -2.38. The van der Waals surface area contributed by atoms with Gasteiger partial charge in [0.1, 0.15) is 11.9 Å². The van der Waals surface area contributed by atoms with E-state index in [1.165, 1.54) is 0 Å². The molecule has 9 heteroatoms. The third-order valence-electron chi connectivity index (χ3n) is 4.83. The van der Waals surface area contributed by atoms with Crippen molar-refractivity contribution in [2.24, 2.45) is 0 Å². The first kappa shape index (κ1) is 18.1. The number of amides is 2. The fraction of sp³-hybridized carbons (Fsp3) is 0.529. The highest BCUT2D eigenvalue weighted by atomic mass is 16.4. The largest absolute Gasteiger partial charge is 0.481 e. The third kappa shape index (κ3) is 4.29. The predicted molar refractivity (Wildman–Crippen MR) is 92.7 cm³/mol. The van der Waals surface area contributed by atoms with E-state index in [4.69, 9.17) is 5.11 Å². The van der Waals surface area contributed by atoms with Crippen LogP contribution in [-0.4, -0.2) is 57.7 Å². The molecule has 0 radical (unpaired) electrons. The van der Waals surface area contributed by atoms with Crippen LogP contribution in [-0.2, 0) is 14.4 Å². The Morgan fingerprint density at radius 1 is 1.35 bits per heavy atom. The Balaban J connectivity index is 1.56. The Morgan fingerprint density at radius 3 is 2.65 bits per heavy atom. The zero-order valence-corrected chi connectivity index (χ0v) is 14.3. The van der Waals surface area contributed by atoms with Gasteiger partial charge in [-0.25, -0.2) is 4.98 Å². The Morgan fingerprint density at radius 2 is 2.08 bits per heavy atom. The van der Waals surface area contributed by atoms with Gasteiger partial charge in [-0.05, 0) is 31.4 Å². The quantitative estimate of drug-likeness (QED) is 0.543. The molecular formula is C17H22N4O5. The summed E-state index contributed by atoms with van der Waals surface area (Å²) in [5.74, 6) is -0.854. The standard InChI is InChI=1S/C17H22N4O5/c22-14-4-2-12(16(25)20-14)19-11-1-3-13(18-10-11)21-7-5-17(26,6-8-21)9-15(23)24/h1,3,10,12,19,26H,2,4-9H2,(H,23,24)(H,20,22,25). The van der Waals surface area contributed by atoms with Gasteiger partial charge in [-0.1, -0.05) is 0 Å². The SMILES string of the molecule is O=C(O)CC1(O)CCN(c2ccc(NC3CCC(=O)NC3=O)cn2)CC1. The number of carboxylic acids is 1. The summed E-state index contributed by atoms with van der Waals surface area (Å²) in [6.45, 7) is 1.05. The van der Waals surface area contributed by atoms with Gasteiger partial charge in [0.2, 0.25) is 11.8 Å². The lowest BCUT2D eigenvalue weighted by atomic mass is 9.88. The number of carboxylic acid groups (broad SMARTS) is 1. The summed E-state index contributed by atoms with van der Waals surface area (Å²) >= 11 is 0. The number of nitrogens with zero attached hydrogens (tertiary/aromatic N) is 2. The van der Waals surface area contributed by atoms with Crippen molar-refractivity contribution in [1.82, 2.24) is 10.3 Å². The van der Waals surface area contributed by atoms with Gasteiger partial charge in [0.05, 0.1) is 23.9 Å². The van der Waals surface area contributed by atoms with Gasteiger partial charge in [-0.15, -0.1) is 0 Å². The van der Waals surface area contributed by atoms with Gasteiger partial charge >= 0.3 is 5.97 Å². The first-order valence-electron chi connectivity index (χ1n) is 8.60. The van der Waals surface area contributed by atoms with E-state index < -0.39 is 17.6 Å². The van der Waals surface area contributed by atoms with E-state index in [0.29, 0.717) is 44.5 Å². The molecule has 140 valence electrons. The Kier molecular flexibility index (Phi) is 5.08. The van der Waals surface area contributed by atoms with Crippen LogP contribution < -0.4 is 15.5 Å². The average Bonchev–Trinajstić information content (AvgIpc) is 2.58. The fourth-order valence-electron chi connectivity index (χ4n) is 3.30. The molecule has 1 unspecified atom stereocenters. The maximum atomic E-state index is 11.8. The fourth-order valence-corrected chi connectivity index (χ4v) is 3.30. The summed E-state index contributed by atoms with van der Waals surface area (Å²) in [6, 6.07) is 3.17. The van der Waals surface area contributed by atoms with Gasteiger partial charge < -0.3 is 20.4 Å². The number of carbonyl (C=O) groups excluding carboxylic acids is 2. The molecule has 2 aliphatic rings. The Hall–Kier alpha value is -2.68. The zero-order valence-electron chi connectivity index (χ0n) is 14.3. The minimum atomic E-state index is -1.16. The average molecular weight is 362 g/mol. The van der Waals surface area contributed by atoms with Crippen LogP contribution in [0.4, 0.5) is 11.5 Å². The van der Waals surface area contributed by atoms with Crippen LogP contribution in [0.5, 0.6) is 0 Å². The number of aromatic nitrogens is 1. The molecule has 3 heterocycles. The number of rotatable bonds is 5. The molecule has 2 amide bonds. The first-order chi connectivity index (χ1) is 12.3. The number of nitrogens with one attached hydrogen (secondary N) is 2. The van der Waals surface area contributed by atoms with E-state index in [2.05, 4.69) is 15.6 Å². The Bertz CT molecular complexity index is 698. The number of piperidine rings is 2. The highest BCUT2D eigenvalue weighted by Gasteiger charge is 2.34. The maximum absolute atomic E-state index is 11.8. The van der Waals surface area contributed by atoms with Crippen molar-refractivity contribution in [1.29, 1.82) is 0 Å². The number of aliphatic hydroxyl groups is 1. The third-order valence-corrected chi connectivity index (χ3v) is 4.83. The first-order valence-corrected chi connectivity index (χ1v) is 8.60. The molecule has 0 bridgehead atoms. The topological polar surface area (TPSA) is 132 Å². The van der Waals surface area contributed by atoms with E-state index in [0.717, 1.165) is 5.82 Å².